The SMILES string of the molecule is c1ccc2[nH]c(-c3coc4ccccc34)nc2c1. The van der Waals surface area contributed by atoms with Crippen molar-refractivity contribution < 1.29 is 4.42 Å². The summed E-state index contributed by atoms with van der Waals surface area (Å²) < 4.78 is 5.54. The number of aromatic amines is 1. The van der Waals surface area contributed by atoms with Gasteiger partial charge in [0.1, 0.15) is 17.7 Å². The highest BCUT2D eigenvalue weighted by Crippen LogP contribution is 2.29. The molecular weight excluding hydrogens is 224 g/mol. The minimum Gasteiger partial charge on any atom is -0.464 e. The maximum absolute atomic E-state index is 5.54. The molecule has 0 fully saturated rings. The van der Waals surface area contributed by atoms with E-state index in [9.17, 15) is 0 Å². The number of fused-ring (bicyclic) bond motifs is 2. The number of nitrogens with one attached hydrogen (secondary N) is 1. The molecule has 2 heterocycles. The molecule has 0 radical (unpaired) electrons. The Labute approximate surface area is 103 Å². The van der Waals surface area contributed by atoms with Gasteiger partial charge in [-0.3, -0.25) is 0 Å². The molecule has 18 heavy (non-hydrogen) atoms. The van der Waals surface area contributed by atoms with Crippen molar-refractivity contribution in [3.8, 4) is 11.4 Å². The molecule has 0 amide bonds. The second kappa shape index (κ2) is 3.47. The molecule has 0 aliphatic rings. The number of H-pyrrole nitrogens is 1. The number of hydrogen-bond acceptors (Lipinski definition) is 2. The summed E-state index contributed by atoms with van der Waals surface area (Å²) in [5.41, 5.74) is 3.89. The Balaban J connectivity index is 2.01. The van der Waals surface area contributed by atoms with Crippen LogP contribution in [0.15, 0.2) is 59.2 Å². The van der Waals surface area contributed by atoms with Crippen molar-refractivity contribution in [3.63, 3.8) is 0 Å². The van der Waals surface area contributed by atoms with Crippen molar-refractivity contribution in [1.29, 1.82) is 0 Å². The monoisotopic (exact) mass is 234 g/mol. The van der Waals surface area contributed by atoms with Crippen molar-refractivity contribution in [2.45, 2.75) is 0 Å². The largest absolute Gasteiger partial charge is 0.464 e. The fourth-order valence-electron chi connectivity index (χ4n) is 2.24. The van der Waals surface area contributed by atoms with Gasteiger partial charge in [0.05, 0.1) is 16.6 Å². The van der Waals surface area contributed by atoms with E-state index in [2.05, 4.69) is 9.97 Å². The fraction of sp³-hybridized carbons (Fsp3) is 0. The first-order valence-electron chi connectivity index (χ1n) is 5.83. The van der Waals surface area contributed by atoms with Gasteiger partial charge in [0.15, 0.2) is 0 Å². The average molecular weight is 234 g/mol. The van der Waals surface area contributed by atoms with Gasteiger partial charge < -0.3 is 9.40 Å². The van der Waals surface area contributed by atoms with Crippen molar-refractivity contribution >= 4 is 22.0 Å². The summed E-state index contributed by atoms with van der Waals surface area (Å²) in [6.07, 6.45) is 1.75. The molecule has 0 spiro atoms. The fourth-order valence-corrected chi connectivity index (χ4v) is 2.24. The number of imidazole rings is 1. The Morgan fingerprint density at radius 2 is 1.78 bits per heavy atom. The topological polar surface area (TPSA) is 41.8 Å². The normalized spacial score (nSPS) is 11.3. The van der Waals surface area contributed by atoms with Gasteiger partial charge in [-0.2, -0.15) is 0 Å². The zero-order valence-corrected chi connectivity index (χ0v) is 9.55. The van der Waals surface area contributed by atoms with Crippen LogP contribution in [0.25, 0.3) is 33.4 Å². The van der Waals surface area contributed by atoms with E-state index >= 15 is 0 Å². The number of para-hydroxylation sites is 3. The Kier molecular flexibility index (Phi) is 1.83. The Morgan fingerprint density at radius 3 is 2.72 bits per heavy atom. The molecule has 86 valence electrons. The Bertz CT molecular complexity index is 809. The molecule has 0 saturated carbocycles. The molecule has 4 aromatic rings. The highest BCUT2D eigenvalue weighted by atomic mass is 16.3. The highest BCUT2D eigenvalue weighted by molar-refractivity contribution is 5.93. The second-order valence-electron chi connectivity index (χ2n) is 4.25. The minimum atomic E-state index is 0.848. The lowest BCUT2D eigenvalue weighted by atomic mass is 10.2. The van der Waals surface area contributed by atoms with E-state index in [0.29, 0.717) is 0 Å². The van der Waals surface area contributed by atoms with E-state index < -0.39 is 0 Å². The summed E-state index contributed by atoms with van der Waals surface area (Å²) in [5, 5.41) is 1.08. The zero-order chi connectivity index (χ0) is 11.9. The van der Waals surface area contributed by atoms with Crippen LogP contribution in [0.2, 0.25) is 0 Å². The molecule has 0 aliphatic heterocycles. The molecule has 2 aromatic heterocycles. The van der Waals surface area contributed by atoms with Crippen LogP contribution in [-0.4, -0.2) is 9.97 Å². The molecule has 0 saturated heterocycles. The van der Waals surface area contributed by atoms with Crippen LogP contribution in [0.4, 0.5) is 0 Å². The van der Waals surface area contributed by atoms with Gasteiger partial charge >= 0.3 is 0 Å². The predicted molar refractivity (Wildman–Crippen MR) is 71.3 cm³/mol. The van der Waals surface area contributed by atoms with E-state index in [4.69, 9.17) is 4.42 Å². The van der Waals surface area contributed by atoms with Crippen molar-refractivity contribution in [1.82, 2.24) is 9.97 Å². The lowest BCUT2D eigenvalue weighted by Crippen LogP contribution is -1.77. The molecule has 4 rings (SSSR count). The molecule has 0 bridgehead atoms. The van der Waals surface area contributed by atoms with Crippen LogP contribution >= 0.6 is 0 Å². The lowest BCUT2D eigenvalue weighted by Gasteiger charge is -1.91. The summed E-state index contributed by atoms with van der Waals surface area (Å²) >= 11 is 0. The van der Waals surface area contributed by atoms with Gasteiger partial charge in [-0.25, -0.2) is 4.98 Å². The highest BCUT2D eigenvalue weighted by Gasteiger charge is 2.11. The van der Waals surface area contributed by atoms with Gasteiger partial charge in [0.25, 0.3) is 0 Å². The lowest BCUT2D eigenvalue weighted by molar-refractivity contribution is 0.616. The van der Waals surface area contributed by atoms with Crippen molar-refractivity contribution in [2.24, 2.45) is 0 Å². The van der Waals surface area contributed by atoms with Gasteiger partial charge in [-0.15, -0.1) is 0 Å². The van der Waals surface area contributed by atoms with Gasteiger partial charge in [0.2, 0.25) is 0 Å². The Hall–Kier alpha value is -2.55. The smallest absolute Gasteiger partial charge is 0.142 e. The van der Waals surface area contributed by atoms with Crippen molar-refractivity contribution in [3.05, 3.63) is 54.8 Å². The summed E-state index contributed by atoms with van der Waals surface area (Å²) in [7, 11) is 0. The first-order valence-corrected chi connectivity index (χ1v) is 5.83. The van der Waals surface area contributed by atoms with E-state index in [1.165, 1.54) is 0 Å². The van der Waals surface area contributed by atoms with Gasteiger partial charge in [0, 0.05) is 5.39 Å². The van der Waals surface area contributed by atoms with E-state index in [1.54, 1.807) is 6.26 Å². The zero-order valence-electron chi connectivity index (χ0n) is 9.55. The molecule has 1 N–H and O–H groups in total. The Morgan fingerprint density at radius 1 is 0.944 bits per heavy atom. The van der Waals surface area contributed by atoms with Crippen LogP contribution < -0.4 is 0 Å². The van der Waals surface area contributed by atoms with Crippen LogP contribution in [0.5, 0.6) is 0 Å². The molecule has 3 nitrogen and oxygen atoms in total. The van der Waals surface area contributed by atoms with Crippen molar-refractivity contribution in [2.75, 3.05) is 0 Å². The number of benzene rings is 2. The molecule has 3 heteroatoms. The van der Waals surface area contributed by atoms with E-state index in [-0.39, 0.29) is 0 Å². The third kappa shape index (κ3) is 1.27. The first kappa shape index (κ1) is 9.48. The van der Waals surface area contributed by atoms with Gasteiger partial charge in [-0.1, -0.05) is 30.3 Å². The molecule has 2 aromatic carbocycles. The van der Waals surface area contributed by atoms with Crippen LogP contribution in [0.1, 0.15) is 0 Å². The molecular formula is C15H10N2O. The minimum absolute atomic E-state index is 0.848. The summed E-state index contributed by atoms with van der Waals surface area (Å²) in [6, 6.07) is 16.0. The third-order valence-electron chi connectivity index (χ3n) is 3.13. The average Bonchev–Trinajstić information content (AvgIpc) is 3.02. The third-order valence-corrected chi connectivity index (χ3v) is 3.13. The van der Waals surface area contributed by atoms with Crippen LogP contribution in [0, 0.1) is 0 Å². The van der Waals surface area contributed by atoms with E-state index in [1.807, 2.05) is 48.5 Å². The molecule has 0 atom stereocenters. The second-order valence-corrected chi connectivity index (χ2v) is 4.25. The number of furan rings is 1. The molecule has 0 aliphatic carbocycles. The first-order chi connectivity index (χ1) is 8.92. The van der Waals surface area contributed by atoms with E-state index in [0.717, 1.165) is 33.4 Å². The maximum atomic E-state index is 5.54. The standard InChI is InChI=1S/C15H10N2O/c1-4-8-14-10(5-1)11(9-18-14)15-16-12-6-2-3-7-13(12)17-15/h1-9H,(H,16,17). The number of rotatable bonds is 1. The number of aromatic nitrogens is 2. The predicted octanol–water partition coefficient (Wildman–Crippen LogP) is 3.98. The summed E-state index contributed by atoms with van der Waals surface area (Å²) in [5.74, 6) is 0.848. The number of nitrogens with zero attached hydrogens (tertiary/aromatic N) is 1. The summed E-state index contributed by atoms with van der Waals surface area (Å²) in [4.78, 5) is 7.91. The van der Waals surface area contributed by atoms with Crippen LogP contribution in [-0.2, 0) is 0 Å². The maximum Gasteiger partial charge on any atom is 0.142 e. The van der Waals surface area contributed by atoms with Crippen LogP contribution in [0.3, 0.4) is 0 Å². The number of hydrogen-bond donors (Lipinski definition) is 1. The quantitative estimate of drug-likeness (QED) is 0.541. The molecule has 0 unspecified atom stereocenters. The van der Waals surface area contributed by atoms with Gasteiger partial charge in [-0.05, 0) is 18.2 Å². The summed E-state index contributed by atoms with van der Waals surface area (Å²) in [6.45, 7) is 0.